The Morgan fingerprint density at radius 3 is 2.33 bits per heavy atom. The van der Waals surface area contributed by atoms with E-state index in [9.17, 15) is 4.79 Å². The molecule has 0 radical (unpaired) electrons. The quantitative estimate of drug-likeness (QED) is 0.328. The zero-order valence-electron chi connectivity index (χ0n) is 19.7. The average molecular weight is 476 g/mol. The number of H-pyrrole nitrogens is 1. The number of nitrogens with one attached hydrogen (secondary N) is 1. The molecule has 5 rings (SSSR count). The van der Waals surface area contributed by atoms with E-state index in [1.807, 2.05) is 66.7 Å². The number of rotatable bonds is 9. The molecule has 8 heteroatoms. The highest BCUT2D eigenvalue weighted by atomic mass is 16.2. The molecule has 0 fully saturated rings. The van der Waals surface area contributed by atoms with Gasteiger partial charge in [0, 0.05) is 18.4 Å². The maximum atomic E-state index is 13.2. The summed E-state index contributed by atoms with van der Waals surface area (Å²) in [4.78, 5) is 13.2. The molecule has 0 unspecified atom stereocenters. The summed E-state index contributed by atoms with van der Waals surface area (Å²) in [6, 6.07) is 26.2. The van der Waals surface area contributed by atoms with Crippen LogP contribution >= 0.6 is 0 Å². The molecule has 2 aromatic heterocycles. The molecule has 0 aliphatic carbocycles. The number of terminal acetylenes is 1. The van der Waals surface area contributed by atoms with Gasteiger partial charge >= 0.3 is 5.69 Å². The lowest BCUT2D eigenvalue weighted by atomic mass is 9.98. The lowest BCUT2D eigenvalue weighted by molar-refractivity contribution is 0.579. The fraction of sp³-hybridized carbons (Fsp3) is 0.179. The summed E-state index contributed by atoms with van der Waals surface area (Å²) in [6.07, 6.45) is 7.31. The molecule has 0 aliphatic heterocycles. The molecule has 3 aromatic carbocycles. The lowest BCUT2D eigenvalue weighted by Gasteiger charge is -2.09. The van der Waals surface area contributed by atoms with Crippen molar-refractivity contribution < 1.29 is 0 Å². The predicted molar refractivity (Wildman–Crippen MR) is 138 cm³/mol. The van der Waals surface area contributed by atoms with Gasteiger partial charge in [0.05, 0.1) is 13.1 Å². The van der Waals surface area contributed by atoms with E-state index in [0.717, 1.165) is 28.7 Å². The molecule has 8 nitrogen and oxygen atoms in total. The maximum absolute atomic E-state index is 13.2. The zero-order valence-corrected chi connectivity index (χ0v) is 19.7. The predicted octanol–water partition coefficient (Wildman–Crippen LogP) is 3.75. The topological polar surface area (TPSA) is 94.3 Å². The largest absolute Gasteiger partial charge is 0.346 e. The van der Waals surface area contributed by atoms with Crippen molar-refractivity contribution in [3.05, 3.63) is 106 Å². The first-order valence-corrected chi connectivity index (χ1v) is 11.8. The first-order chi connectivity index (χ1) is 17.7. The van der Waals surface area contributed by atoms with Crippen LogP contribution in [0.3, 0.4) is 0 Å². The smallest absolute Gasteiger partial charge is 0.274 e. The van der Waals surface area contributed by atoms with Gasteiger partial charge in [-0.05, 0) is 39.1 Å². The number of benzene rings is 3. The Hall–Kier alpha value is -4.77. The van der Waals surface area contributed by atoms with E-state index in [2.05, 4.69) is 43.8 Å². The van der Waals surface area contributed by atoms with Crippen LogP contribution in [0.15, 0.2) is 83.7 Å². The fourth-order valence-electron chi connectivity index (χ4n) is 4.23. The van der Waals surface area contributed by atoms with Crippen LogP contribution in [0.1, 0.15) is 23.4 Å². The summed E-state index contributed by atoms with van der Waals surface area (Å²) in [5.41, 5.74) is 5.02. The van der Waals surface area contributed by atoms with Gasteiger partial charge in [0.25, 0.3) is 0 Å². The number of aromatic amines is 1. The third-order valence-electron chi connectivity index (χ3n) is 6.08. The van der Waals surface area contributed by atoms with Crippen LogP contribution in [0.5, 0.6) is 0 Å². The van der Waals surface area contributed by atoms with E-state index >= 15 is 0 Å². The van der Waals surface area contributed by atoms with E-state index in [-0.39, 0.29) is 5.69 Å². The summed E-state index contributed by atoms with van der Waals surface area (Å²) in [7, 11) is 0. The maximum Gasteiger partial charge on any atom is 0.346 e. The second-order valence-electron chi connectivity index (χ2n) is 8.44. The van der Waals surface area contributed by atoms with Crippen LogP contribution in [0.25, 0.3) is 22.5 Å². The van der Waals surface area contributed by atoms with E-state index in [1.54, 1.807) is 9.25 Å². The van der Waals surface area contributed by atoms with Gasteiger partial charge in [-0.25, -0.2) is 14.6 Å². The van der Waals surface area contributed by atoms with Crippen LogP contribution < -0.4 is 5.69 Å². The molecule has 0 aliphatic rings. The van der Waals surface area contributed by atoms with Crippen LogP contribution in [0, 0.1) is 12.3 Å². The minimum absolute atomic E-state index is 0.120. The van der Waals surface area contributed by atoms with Gasteiger partial charge in [0.15, 0.2) is 5.82 Å². The van der Waals surface area contributed by atoms with Crippen LogP contribution in [-0.2, 0) is 25.9 Å². The normalized spacial score (nSPS) is 10.9. The minimum atomic E-state index is -0.120. The molecular weight excluding hydrogens is 450 g/mol. The second kappa shape index (κ2) is 10.7. The molecule has 0 atom stereocenters. The minimum Gasteiger partial charge on any atom is -0.274 e. The lowest BCUT2D eigenvalue weighted by Crippen LogP contribution is -2.26. The first kappa shape index (κ1) is 23.0. The highest BCUT2D eigenvalue weighted by Crippen LogP contribution is 2.29. The number of aryl methyl sites for hydroxylation is 3. The Kier molecular flexibility index (Phi) is 6.81. The van der Waals surface area contributed by atoms with Crippen molar-refractivity contribution in [3.8, 4) is 34.9 Å². The van der Waals surface area contributed by atoms with E-state index < -0.39 is 0 Å². The van der Waals surface area contributed by atoms with E-state index in [1.165, 1.54) is 5.56 Å². The summed E-state index contributed by atoms with van der Waals surface area (Å²) in [5.74, 6) is 3.98. The number of hydrogen-bond donors (Lipinski definition) is 1. The monoisotopic (exact) mass is 475 g/mol. The van der Waals surface area contributed by atoms with Gasteiger partial charge in [-0.3, -0.25) is 4.57 Å². The highest BCUT2D eigenvalue weighted by molar-refractivity contribution is 5.80. The Labute approximate surface area is 208 Å². The number of aromatic nitrogens is 7. The summed E-state index contributed by atoms with van der Waals surface area (Å²) >= 11 is 0. The van der Waals surface area contributed by atoms with Crippen molar-refractivity contribution in [3.63, 3.8) is 0 Å². The molecule has 2 heterocycles. The standard InChI is InChI=1S/C28H25N7O/c1-2-3-13-26-31-35(19-18-21-9-5-4-6-10-21)28(36)34(26)20-22-14-16-23(17-15-22)24-11-7-8-12-25(24)27-29-32-33-30-27/h1,4-12,14-17H,3,13,18-20H2,(H,29,30,32,33). The highest BCUT2D eigenvalue weighted by Gasteiger charge is 2.14. The molecule has 0 amide bonds. The third kappa shape index (κ3) is 5.00. The Bertz CT molecular complexity index is 1530. The van der Waals surface area contributed by atoms with Gasteiger partial charge in [0.1, 0.15) is 5.82 Å². The van der Waals surface area contributed by atoms with Crippen molar-refractivity contribution >= 4 is 0 Å². The Morgan fingerprint density at radius 2 is 1.61 bits per heavy atom. The summed E-state index contributed by atoms with van der Waals surface area (Å²) in [6.45, 7) is 0.948. The molecule has 5 aromatic rings. The Balaban J connectivity index is 1.39. The molecule has 1 N–H and O–H groups in total. The van der Waals surface area contributed by atoms with Crippen LogP contribution in [-0.4, -0.2) is 35.0 Å². The van der Waals surface area contributed by atoms with Crippen LogP contribution in [0.2, 0.25) is 0 Å². The van der Waals surface area contributed by atoms with Crippen molar-refractivity contribution in [2.24, 2.45) is 0 Å². The molecule has 0 bridgehead atoms. The van der Waals surface area contributed by atoms with Gasteiger partial charge in [-0.15, -0.1) is 17.4 Å². The summed E-state index contributed by atoms with van der Waals surface area (Å²) < 4.78 is 3.28. The molecule has 0 spiro atoms. The molecule has 178 valence electrons. The van der Waals surface area contributed by atoms with Gasteiger partial charge < -0.3 is 0 Å². The second-order valence-corrected chi connectivity index (χ2v) is 8.44. The SMILES string of the molecule is C#CCCc1nn(CCc2ccccc2)c(=O)n1Cc1ccc(-c2ccccc2-c2nnn[nH]2)cc1. The van der Waals surface area contributed by atoms with E-state index in [0.29, 0.717) is 37.6 Å². The first-order valence-electron chi connectivity index (χ1n) is 11.8. The van der Waals surface area contributed by atoms with Crippen molar-refractivity contribution in [2.45, 2.75) is 32.4 Å². The zero-order chi connectivity index (χ0) is 24.7. The third-order valence-corrected chi connectivity index (χ3v) is 6.08. The van der Waals surface area contributed by atoms with Gasteiger partial charge in [-0.1, -0.05) is 78.9 Å². The summed E-state index contributed by atoms with van der Waals surface area (Å²) in [5, 5.41) is 18.9. The van der Waals surface area contributed by atoms with Crippen molar-refractivity contribution in [1.82, 2.24) is 35.0 Å². The molecule has 0 saturated heterocycles. The van der Waals surface area contributed by atoms with Crippen LogP contribution in [0.4, 0.5) is 0 Å². The van der Waals surface area contributed by atoms with Gasteiger partial charge in [-0.2, -0.15) is 5.10 Å². The van der Waals surface area contributed by atoms with Crippen molar-refractivity contribution in [2.75, 3.05) is 0 Å². The molecule has 0 saturated carbocycles. The number of hydrogen-bond acceptors (Lipinski definition) is 5. The Morgan fingerprint density at radius 1 is 0.861 bits per heavy atom. The van der Waals surface area contributed by atoms with Crippen molar-refractivity contribution in [1.29, 1.82) is 0 Å². The van der Waals surface area contributed by atoms with Gasteiger partial charge in [0.2, 0.25) is 0 Å². The number of tetrazole rings is 1. The average Bonchev–Trinajstić information content (AvgIpc) is 3.56. The molecule has 36 heavy (non-hydrogen) atoms. The van der Waals surface area contributed by atoms with E-state index in [4.69, 9.17) is 6.42 Å². The molecular formula is C28H25N7O. The fourth-order valence-corrected chi connectivity index (χ4v) is 4.23. The number of nitrogens with zero attached hydrogens (tertiary/aromatic N) is 6.